The summed E-state index contributed by atoms with van der Waals surface area (Å²) in [5, 5.41) is 5.78. The number of piperidine rings is 1. The van der Waals surface area contributed by atoms with Crippen LogP contribution in [0.3, 0.4) is 0 Å². The van der Waals surface area contributed by atoms with E-state index in [9.17, 15) is 22.4 Å². The summed E-state index contributed by atoms with van der Waals surface area (Å²) in [4.78, 5) is 24.9. The van der Waals surface area contributed by atoms with Crippen molar-refractivity contribution in [3.05, 3.63) is 65.5 Å². The minimum atomic E-state index is -3.79. The predicted molar refractivity (Wildman–Crippen MR) is 123 cm³/mol. The van der Waals surface area contributed by atoms with E-state index >= 15 is 0 Å². The number of halogens is 1. The highest BCUT2D eigenvalue weighted by atomic mass is 32.2. The number of carbonyl (C=O) groups is 2. The molecule has 2 amide bonds. The minimum Gasteiger partial charge on any atom is -0.352 e. The Bertz CT molecular complexity index is 1070. The van der Waals surface area contributed by atoms with Crippen molar-refractivity contribution in [1.82, 2.24) is 14.9 Å². The zero-order valence-electron chi connectivity index (χ0n) is 18.9. The number of carbonyl (C=O) groups excluding carboxylic acids is 2. The number of sulfonamides is 1. The molecule has 0 aliphatic carbocycles. The first kappa shape index (κ1) is 24.9. The lowest BCUT2D eigenvalue weighted by Crippen LogP contribution is -2.45. The van der Waals surface area contributed by atoms with Gasteiger partial charge in [-0.15, -0.1) is 0 Å². The van der Waals surface area contributed by atoms with Crippen molar-refractivity contribution in [2.75, 3.05) is 13.1 Å². The molecule has 2 atom stereocenters. The molecule has 9 heteroatoms. The van der Waals surface area contributed by atoms with Crippen molar-refractivity contribution in [3.8, 4) is 0 Å². The fourth-order valence-electron chi connectivity index (χ4n) is 3.65. The van der Waals surface area contributed by atoms with E-state index in [-0.39, 0.29) is 35.8 Å². The first-order valence-corrected chi connectivity index (χ1v) is 12.6. The molecule has 1 saturated heterocycles. The number of hydrogen-bond acceptors (Lipinski definition) is 4. The van der Waals surface area contributed by atoms with Crippen molar-refractivity contribution in [1.29, 1.82) is 0 Å². The van der Waals surface area contributed by atoms with E-state index in [1.807, 2.05) is 13.8 Å². The molecule has 0 saturated carbocycles. The number of amides is 2. The monoisotopic (exact) mass is 475 g/mol. The third-order valence-corrected chi connectivity index (χ3v) is 7.76. The Labute approximate surface area is 194 Å². The van der Waals surface area contributed by atoms with E-state index in [1.165, 1.54) is 16.4 Å². The van der Waals surface area contributed by atoms with E-state index in [1.54, 1.807) is 24.3 Å². The Morgan fingerprint density at radius 1 is 1.12 bits per heavy atom. The Morgan fingerprint density at radius 3 is 2.42 bits per heavy atom. The third-order valence-electron chi connectivity index (χ3n) is 5.88. The van der Waals surface area contributed by atoms with Crippen molar-refractivity contribution >= 4 is 21.8 Å². The molecule has 1 aliphatic heterocycles. The second-order valence-corrected chi connectivity index (χ2v) is 10.3. The van der Waals surface area contributed by atoms with Gasteiger partial charge in [0.2, 0.25) is 15.9 Å². The predicted octanol–water partition coefficient (Wildman–Crippen LogP) is 3.07. The van der Waals surface area contributed by atoms with Gasteiger partial charge in [0.15, 0.2) is 0 Å². The van der Waals surface area contributed by atoms with Crippen LogP contribution in [0.25, 0.3) is 0 Å². The molecule has 0 radical (unpaired) electrons. The van der Waals surface area contributed by atoms with Crippen molar-refractivity contribution in [3.63, 3.8) is 0 Å². The average molecular weight is 476 g/mol. The molecule has 0 spiro atoms. The molecule has 2 N–H and O–H groups in total. The van der Waals surface area contributed by atoms with Crippen LogP contribution < -0.4 is 10.6 Å². The Kier molecular flexibility index (Phi) is 8.20. The maximum atomic E-state index is 13.2. The number of nitrogens with one attached hydrogen (secondary N) is 2. The first-order chi connectivity index (χ1) is 15.7. The normalized spacial score (nSPS) is 17.8. The molecule has 0 aromatic heterocycles. The van der Waals surface area contributed by atoms with Crippen LogP contribution in [0, 0.1) is 11.7 Å². The van der Waals surface area contributed by atoms with Gasteiger partial charge in [-0.3, -0.25) is 9.59 Å². The maximum Gasteiger partial charge on any atom is 0.251 e. The first-order valence-electron chi connectivity index (χ1n) is 11.1. The average Bonchev–Trinajstić information content (AvgIpc) is 2.83. The second kappa shape index (κ2) is 10.9. The molecule has 1 fully saturated rings. The standard InChI is InChI=1S/C24H30FN3O4S/c1-3-17(2)27-24(30)19-8-6-18(7-9-19)15-26-23(29)20-5-4-14-28(16-20)33(31,32)22-12-10-21(25)11-13-22/h6-13,17,20H,3-5,14-16H2,1-2H3,(H,26,29)(H,27,30). The van der Waals surface area contributed by atoms with E-state index in [0.717, 1.165) is 24.1 Å². The zero-order valence-corrected chi connectivity index (χ0v) is 19.7. The van der Waals surface area contributed by atoms with Gasteiger partial charge >= 0.3 is 0 Å². The van der Waals surface area contributed by atoms with Gasteiger partial charge in [0, 0.05) is 31.2 Å². The molecule has 0 bridgehead atoms. The molecule has 1 heterocycles. The summed E-state index contributed by atoms with van der Waals surface area (Å²) in [6.07, 6.45) is 2.01. The van der Waals surface area contributed by atoms with Gasteiger partial charge in [-0.05, 0) is 68.1 Å². The highest BCUT2D eigenvalue weighted by Gasteiger charge is 2.33. The zero-order chi connectivity index (χ0) is 24.0. The van der Waals surface area contributed by atoms with Gasteiger partial charge in [-0.25, -0.2) is 12.8 Å². The molecule has 3 rings (SSSR count). The molecule has 1 aliphatic rings. The molecule has 2 unspecified atom stereocenters. The van der Waals surface area contributed by atoms with Crippen LogP contribution in [0.2, 0.25) is 0 Å². The van der Waals surface area contributed by atoms with Crippen LogP contribution >= 0.6 is 0 Å². The van der Waals surface area contributed by atoms with Crippen molar-refractivity contribution < 1.29 is 22.4 Å². The summed E-state index contributed by atoms with van der Waals surface area (Å²) in [6.45, 7) is 4.64. The molecule has 7 nitrogen and oxygen atoms in total. The summed E-state index contributed by atoms with van der Waals surface area (Å²) in [5.74, 6) is -1.32. The van der Waals surface area contributed by atoms with E-state index in [0.29, 0.717) is 24.9 Å². The van der Waals surface area contributed by atoms with Crippen LogP contribution in [-0.2, 0) is 21.4 Å². The van der Waals surface area contributed by atoms with Gasteiger partial charge in [0.25, 0.3) is 5.91 Å². The van der Waals surface area contributed by atoms with Crippen molar-refractivity contribution in [2.24, 2.45) is 5.92 Å². The summed E-state index contributed by atoms with van der Waals surface area (Å²) in [7, 11) is -3.79. The number of nitrogens with zero attached hydrogens (tertiary/aromatic N) is 1. The van der Waals surface area contributed by atoms with Gasteiger partial charge < -0.3 is 10.6 Å². The van der Waals surface area contributed by atoms with Crippen LogP contribution in [-0.4, -0.2) is 43.7 Å². The quantitative estimate of drug-likeness (QED) is 0.613. The third kappa shape index (κ3) is 6.39. The lowest BCUT2D eigenvalue weighted by molar-refractivity contribution is -0.126. The van der Waals surface area contributed by atoms with E-state index in [2.05, 4.69) is 10.6 Å². The lowest BCUT2D eigenvalue weighted by Gasteiger charge is -2.31. The maximum absolute atomic E-state index is 13.2. The van der Waals surface area contributed by atoms with Crippen molar-refractivity contribution in [2.45, 2.75) is 50.6 Å². The Morgan fingerprint density at radius 2 is 1.79 bits per heavy atom. The molecule has 2 aromatic carbocycles. The van der Waals surface area contributed by atoms with Crippen LogP contribution in [0.15, 0.2) is 53.4 Å². The summed E-state index contributed by atoms with van der Waals surface area (Å²) < 4.78 is 40.2. The highest BCUT2D eigenvalue weighted by molar-refractivity contribution is 7.89. The number of hydrogen-bond donors (Lipinski definition) is 2. The molecule has 33 heavy (non-hydrogen) atoms. The molecular weight excluding hydrogens is 445 g/mol. The molecule has 178 valence electrons. The minimum absolute atomic E-state index is 0.0161. The number of rotatable bonds is 8. The smallest absolute Gasteiger partial charge is 0.251 e. The fourth-order valence-corrected chi connectivity index (χ4v) is 5.17. The summed E-state index contributed by atoms with van der Waals surface area (Å²) >= 11 is 0. The lowest BCUT2D eigenvalue weighted by atomic mass is 9.98. The molecular formula is C24H30FN3O4S. The van der Waals surface area contributed by atoms with Crippen LogP contribution in [0.1, 0.15) is 49.0 Å². The van der Waals surface area contributed by atoms with Gasteiger partial charge in [-0.2, -0.15) is 4.31 Å². The fraction of sp³-hybridized carbons (Fsp3) is 0.417. The Balaban J connectivity index is 1.56. The Hall–Kier alpha value is -2.78. The van der Waals surface area contributed by atoms with Crippen LogP contribution in [0.4, 0.5) is 4.39 Å². The molecule has 2 aromatic rings. The van der Waals surface area contributed by atoms with E-state index in [4.69, 9.17) is 0 Å². The number of benzene rings is 2. The summed E-state index contributed by atoms with van der Waals surface area (Å²) in [5.41, 5.74) is 1.40. The highest BCUT2D eigenvalue weighted by Crippen LogP contribution is 2.24. The second-order valence-electron chi connectivity index (χ2n) is 8.35. The largest absolute Gasteiger partial charge is 0.352 e. The topological polar surface area (TPSA) is 95.6 Å². The van der Waals surface area contributed by atoms with Gasteiger partial charge in [0.05, 0.1) is 10.8 Å². The van der Waals surface area contributed by atoms with Crippen LogP contribution in [0.5, 0.6) is 0 Å². The van der Waals surface area contributed by atoms with Gasteiger partial charge in [0.1, 0.15) is 5.82 Å². The van der Waals surface area contributed by atoms with E-state index < -0.39 is 21.8 Å². The van der Waals surface area contributed by atoms with Gasteiger partial charge in [-0.1, -0.05) is 19.1 Å². The SMILES string of the molecule is CCC(C)NC(=O)c1ccc(CNC(=O)C2CCCN(S(=O)(=O)c3ccc(F)cc3)C2)cc1. The summed E-state index contributed by atoms with van der Waals surface area (Å²) in [6, 6.07) is 11.8.